The number of nitrogens with two attached hydrogens (primary N) is 1. The van der Waals surface area contributed by atoms with Crippen LogP contribution < -0.4 is 5.73 Å². The van der Waals surface area contributed by atoms with E-state index in [0.29, 0.717) is 17.8 Å². The zero-order valence-corrected chi connectivity index (χ0v) is 9.17. The molecule has 2 N–H and O–H groups in total. The maximum atomic E-state index is 12.2. The number of halogens is 3. The second kappa shape index (κ2) is 4.78. The van der Waals surface area contributed by atoms with Crippen LogP contribution in [0.3, 0.4) is 0 Å². The Morgan fingerprint density at radius 2 is 2.00 bits per heavy atom. The fourth-order valence-electron chi connectivity index (χ4n) is 1.39. The first-order valence-corrected chi connectivity index (χ1v) is 4.92. The van der Waals surface area contributed by atoms with E-state index in [1.165, 1.54) is 0 Å². The Balaban J connectivity index is 2.90. The highest BCUT2D eigenvalue weighted by Gasteiger charge is 2.29. The van der Waals surface area contributed by atoms with E-state index in [4.69, 9.17) is 5.73 Å². The molecule has 1 aromatic heterocycles. The van der Waals surface area contributed by atoms with E-state index in [1.54, 1.807) is 19.9 Å². The van der Waals surface area contributed by atoms with Crippen LogP contribution in [0.5, 0.6) is 0 Å². The third kappa shape index (κ3) is 4.57. The van der Waals surface area contributed by atoms with Crippen molar-refractivity contribution in [3.8, 4) is 0 Å². The Hall–Kier alpha value is -1.17. The van der Waals surface area contributed by atoms with Crippen LogP contribution in [0.15, 0.2) is 6.07 Å². The van der Waals surface area contributed by atoms with E-state index in [2.05, 4.69) is 9.97 Å². The fraction of sp³-hybridized carbons (Fsp3) is 0.600. The molecule has 16 heavy (non-hydrogen) atoms. The minimum Gasteiger partial charge on any atom is -0.328 e. The van der Waals surface area contributed by atoms with Crippen molar-refractivity contribution < 1.29 is 13.2 Å². The molecule has 3 nitrogen and oxygen atoms in total. The minimum atomic E-state index is -4.28. The monoisotopic (exact) mass is 233 g/mol. The summed E-state index contributed by atoms with van der Waals surface area (Å²) in [5.74, 6) is -0.192. The minimum absolute atomic E-state index is 0.131. The molecule has 1 aromatic rings. The Morgan fingerprint density at radius 1 is 1.38 bits per heavy atom. The number of hydrogen-bond donors (Lipinski definition) is 1. The number of alkyl halides is 3. The van der Waals surface area contributed by atoms with Crippen molar-refractivity contribution in [3.63, 3.8) is 0 Å². The van der Waals surface area contributed by atoms with Gasteiger partial charge >= 0.3 is 6.18 Å². The third-order valence-electron chi connectivity index (χ3n) is 1.84. The lowest BCUT2D eigenvalue weighted by Gasteiger charge is -2.09. The van der Waals surface area contributed by atoms with Gasteiger partial charge in [0.2, 0.25) is 0 Å². The van der Waals surface area contributed by atoms with Gasteiger partial charge in [-0.25, -0.2) is 9.97 Å². The van der Waals surface area contributed by atoms with Gasteiger partial charge in [0.15, 0.2) is 0 Å². The molecule has 0 aliphatic heterocycles. The summed E-state index contributed by atoms with van der Waals surface area (Å²) in [6.07, 6.45) is -4.92. The van der Waals surface area contributed by atoms with E-state index in [0.717, 1.165) is 0 Å². The molecule has 0 saturated carbocycles. The molecule has 0 aliphatic carbocycles. The van der Waals surface area contributed by atoms with Crippen LogP contribution in [0.1, 0.15) is 24.1 Å². The molecule has 0 amide bonds. The van der Waals surface area contributed by atoms with Crippen LogP contribution in [0.4, 0.5) is 13.2 Å². The van der Waals surface area contributed by atoms with Gasteiger partial charge < -0.3 is 5.73 Å². The summed E-state index contributed by atoms with van der Waals surface area (Å²) >= 11 is 0. The van der Waals surface area contributed by atoms with E-state index in [1.807, 2.05) is 0 Å². The predicted octanol–water partition coefficient (Wildman–Crippen LogP) is 1.78. The van der Waals surface area contributed by atoms with Crippen LogP contribution in [0.25, 0.3) is 0 Å². The molecule has 1 atom stereocenters. The average molecular weight is 233 g/mol. The Kier molecular flexibility index (Phi) is 3.85. The highest BCUT2D eigenvalue weighted by Crippen LogP contribution is 2.19. The van der Waals surface area contributed by atoms with Gasteiger partial charge in [-0.1, -0.05) is 0 Å². The lowest BCUT2D eigenvalue weighted by atomic mass is 10.1. The number of aromatic nitrogens is 2. The van der Waals surface area contributed by atoms with Crippen LogP contribution in [-0.4, -0.2) is 22.2 Å². The SMILES string of the molecule is Cc1cc(CC(C)N)nc(CC(F)(F)F)n1. The highest BCUT2D eigenvalue weighted by molar-refractivity contribution is 5.11. The first kappa shape index (κ1) is 12.9. The third-order valence-corrected chi connectivity index (χ3v) is 1.84. The van der Waals surface area contributed by atoms with Crippen LogP contribution in [0, 0.1) is 6.92 Å². The first-order valence-electron chi connectivity index (χ1n) is 4.92. The second-order valence-electron chi connectivity index (χ2n) is 3.89. The molecule has 6 heteroatoms. The van der Waals surface area contributed by atoms with Crippen LogP contribution >= 0.6 is 0 Å². The Labute approximate surface area is 91.9 Å². The maximum Gasteiger partial charge on any atom is 0.396 e. The Morgan fingerprint density at radius 3 is 2.50 bits per heavy atom. The van der Waals surface area contributed by atoms with E-state index in [9.17, 15) is 13.2 Å². The molecule has 0 aromatic carbocycles. The zero-order valence-electron chi connectivity index (χ0n) is 9.17. The van der Waals surface area contributed by atoms with Gasteiger partial charge in [-0.2, -0.15) is 13.2 Å². The summed E-state index contributed by atoms with van der Waals surface area (Å²) in [5, 5.41) is 0. The highest BCUT2D eigenvalue weighted by atomic mass is 19.4. The quantitative estimate of drug-likeness (QED) is 0.865. The molecule has 0 spiro atoms. The normalized spacial score (nSPS) is 13.9. The van der Waals surface area contributed by atoms with Crippen LogP contribution in [-0.2, 0) is 12.8 Å². The van der Waals surface area contributed by atoms with Gasteiger partial charge in [0.1, 0.15) is 12.2 Å². The summed E-state index contributed by atoms with van der Waals surface area (Å²) in [7, 11) is 0. The molecular formula is C10H14F3N3. The van der Waals surface area contributed by atoms with Crippen molar-refractivity contribution in [1.82, 2.24) is 9.97 Å². The first-order chi connectivity index (χ1) is 7.26. The lowest BCUT2D eigenvalue weighted by Crippen LogP contribution is -2.20. The Bertz CT molecular complexity index is 361. The number of aryl methyl sites for hydroxylation is 1. The molecule has 1 heterocycles. The van der Waals surface area contributed by atoms with Gasteiger partial charge in [-0.15, -0.1) is 0 Å². The summed E-state index contributed by atoms with van der Waals surface area (Å²) < 4.78 is 36.5. The molecule has 1 rings (SSSR count). The summed E-state index contributed by atoms with van der Waals surface area (Å²) in [5.41, 5.74) is 6.66. The predicted molar refractivity (Wildman–Crippen MR) is 53.9 cm³/mol. The van der Waals surface area contributed by atoms with E-state index < -0.39 is 12.6 Å². The molecule has 0 bridgehead atoms. The molecule has 0 fully saturated rings. The van der Waals surface area contributed by atoms with Crippen LogP contribution in [0.2, 0.25) is 0 Å². The maximum absolute atomic E-state index is 12.2. The topological polar surface area (TPSA) is 51.8 Å². The average Bonchev–Trinajstić information content (AvgIpc) is 1.96. The summed E-state index contributed by atoms with van der Waals surface area (Å²) in [6, 6.07) is 1.52. The van der Waals surface area contributed by atoms with Gasteiger partial charge in [-0.3, -0.25) is 0 Å². The summed E-state index contributed by atoms with van der Waals surface area (Å²) in [6.45, 7) is 3.42. The van der Waals surface area contributed by atoms with Gasteiger partial charge in [-0.05, 0) is 19.9 Å². The number of nitrogens with zero attached hydrogens (tertiary/aromatic N) is 2. The fourth-order valence-corrected chi connectivity index (χ4v) is 1.39. The number of hydrogen-bond acceptors (Lipinski definition) is 3. The van der Waals surface area contributed by atoms with Crippen molar-refractivity contribution in [1.29, 1.82) is 0 Å². The number of rotatable bonds is 3. The zero-order chi connectivity index (χ0) is 12.3. The molecule has 0 radical (unpaired) electrons. The van der Waals surface area contributed by atoms with Gasteiger partial charge in [0, 0.05) is 23.9 Å². The summed E-state index contributed by atoms with van der Waals surface area (Å²) in [4.78, 5) is 7.60. The lowest BCUT2D eigenvalue weighted by molar-refractivity contribution is -0.128. The van der Waals surface area contributed by atoms with Crippen molar-refractivity contribution in [3.05, 3.63) is 23.3 Å². The molecule has 0 saturated heterocycles. The van der Waals surface area contributed by atoms with Crippen molar-refractivity contribution >= 4 is 0 Å². The van der Waals surface area contributed by atoms with Crippen molar-refractivity contribution in [2.75, 3.05) is 0 Å². The van der Waals surface area contributed by atoms with Gasteiger partial charge in [0.25, 0.3) is 0 Å². The van der Waals surface area contributed by atoms with Crippen molar-refractivity contribution in [2.24, 2.45) is 5.73 Å². The van der Waals surface area contributed by atoms with E-state index >= 15 is 0 Å². The largest absolute Gasteiger partial charge is 0.396 e. The molecule has 0 aliphatic rings. The second-order valence-corrected chi connectivity index (χ2v) is 3.89. The smallest absolute Gasteiger partial charge is 0.328 e. The standard InChI is InChI=1S/C10H14F3N3/c1-6(14)3-8-4-7(2)15-9(16-8)5-10(11,12)13/h4,6H,3,5,14H2,1-2H3. The van der Waals surface area contributed by atoms with E-state index in [-0.39, 0.29) is 11.9 Å². The molecular weight excluding hydrogens is 219 g/mol. The van der Waals surface area contributed by atoms with Crippen molar-refractivity contribution in [2.45, 2.75) is 38.9 Å². The molecule has 1 unspecified atom stereocenters. The molecule has 90 valence electrons. The van der Waals surface area contributed by atoms with Gasteiger partial charge in [0.05, 0.1) is 0 Å².